The van der Waals surface area contributed by atoms with E-state index in [1.54, 1.807) is 0 Å². The number of amides is 1. The van der Waals surface area contributed by atoms with E-state index in [-0.39, 0.29) is 18.6 Å². The van der Waals surface area contributed by atoms with Crippen molar-refractivity contribution >= 4 is 17.3 Å². The van der Waals surface area contributed by atoms with E-state index in [2.05, 4.69) is 10.2 Å². The Hall–Kier alpha value is -1.59. The summed E-state index contributed by atoms with van der Waals surface area (Å²) in [6.07, 6.45) is 2.23. The summed E-state index contributed by atoms with van der Waals surface area (Å²) in [7, 11) is 0. The highest BCUT2D eigenvalue weighted by atomic mass is 16.5. The van der Waals surface area contributed by atoms with Gasteiger partial charge in [0.1, 0.15) is 6.61 Å². The first-order chi connectivity index (χ1) is 10.2. The number of nitrogens with zero attached hydrogens (tertiary/aromatic N) is 1. The zero-order valence-electron chi connectivity index (χ0n) is 12.5. The van der Waals surface area contributed by atoms with Crippen LogP contribution < -0.4 is 10.2 Å². The van der Waals surface area contributed by atoms with Gasteiger partial charge >= 0.3 is 0 Å². The first-order valence-corrected chi connectivity index (χ1v) is 7.60. The summed E-state index contributed by atoms with van der Waals surface area (Å²) in [5, 5.41) is 12.5. The number of aliphatic hydroxyl groups is 1. The molecular formula is C16H24N2O3. The minimum Gasteiger partial charge on any atom is -0.393 e. The van der Waals surface area contributed by atoms with Crippen LogP contribution >= 0.6 is 0 Å². The van der Waals surface area contributed by atoms with E-state index in [0.29, 0.717) is 6.61 Å². The Kier molecular flexibility index (Phi) is 6.02. The van der Waals surface area contributed by atoms with Crippen LogP contribution in [0.25, 0.3) is 0 Å². The standard InChI is InChI=1S/C16H24N2O3/c1-2-11-21-12-16(20)17-14-5-3-4-6-15(14)18-9-7-13(19)8-10-18/h3-6,13,19H,2,7-12H2,1H3,(H,17,20). The number of hydrogen-bond acceptors (Lipinski definition) is 4. The lowest BCUT2D eigenvalue weighted by atomic mass is 10.1. The molecule has 0 radical (unpaired) electrons. The molecule has 1 saturated heterocycles. The molecule has 116 valence electrons. The Morgan fingerprint density at radius 1 is 1.38 bits per heavy atom. The highest BCUT2D eigenvalue weighted by Gasteiger charge is 2.19. The summed E-state index contributed by atoms with van der Waals surface area (Å²) < 4.78 is 5.26. The maximum atomic E-state index is 11.9. The molecule has 2 rings (SSSR count). The van der Waals surface area contributed by atoms with Crippen molar-refractivity contribution in [2.45, 2.75) is 32.3 Å². The van der Waals surface area contributed by atoms with Gasteiger partial charge in [0, 0.05) is 19.7 Å². The van der Waals surface area contributed by atoms with Crippen molar-refractivity contribution in [3.05, 3.63) is 24.3 Å². The number of para-hydroxylation sites is 2. The number of ether oxygens (including phenoxy) is 1. The summed E-state index contributed by atoms with van der Waals surface area (Å²) in [6, 6.07) is 7.77. The second kappa shape index (κ2) is 8.00. The summed E-state index contributed by atoms with van der Waals surface area (Å²) in [5.74, 6) is -0.132. The van der Waals surface area contributed by atoms with Crippen molar-refractivity contribution in [3.63, 3.8) is 0 Å². The molecule has 1 amide bonds. The third-order valence-corrected chi connectivity index (χ3v) is 3.56. The van der Waals surface area contributed by atoms with Gasteiger partial charge in [-0.15, -0.1) is 0 Å². The predicted octanol–water partition coefficient (Wildman–Crippen LogP) is 2.01. The molecule has 1 aliphatic rings. The number of aliphatic hydroxyl groups excluding tert-OH is 1. The molecule has 0 saturated carbocycles. The first kappa shape index (κ1) is 15.8. The molecule has 1 aliphatic heterocycles. The summed E-state index contributed by atoms with van der Waals surface area (Å²) >= 11 is 0. The van der Waals surface area contributed by atoms with Gasteiger partial charge < -0.3 is 20.1 Å². The fourth-order valence-corrected chi connectivity index (χ4v) is 2.46. The minimum atomic E-state index is -0.203. The van der Waals surface area contributed by atoms with Gasteiger partial charge in [0.2, 0.25) is 5.91 Å². The maximum Gasteiger partial charge on any atom is 0.250 e. The number of anilines is 2. The Morgan fingerprint density at radius 2 is 2.10 bits per heavy atom. The molecular weight excluding hydrogens is 268 g/mol. The van der Waals surface area contributed by atoms with E-state index in [0.717, 1.165) is 43.7 Å². The first-order valence-electron chi connectivity index (χ1n) is 7.60. The zero-order chi connectivity index (χ0) is 15.1. The van der Waals surface area contributed by atoms with Crippen molar-refractivity contribution in [3.8, 4) is 0 Å². The molecule has 0 atom stereocenters. The quantitative estimate of drug-likeness (QED) is 0.787. The molecule has 21 heavy (non-hydrogen) atoms. The van der Waals surface area contributed by atoms with Crippen LogP contribution in [0.5, 0.6) is 0 Å². The normalized spacial score (nSPS) is 16.0. The fourth-order valence-electron chi connectivity index (χ4n) is 2.46. The van der Waals surface area contributed by atoms with Crippen LogP contribution in [0.4, 0.5) is 11.4 Å². The fraction of sp³-hybridized carbons (Fsp3) is 0.562. The monoisotopic (exact) mass is 292 g/mol. The second-order valence-electron chi connectivity index (χ2n) is 5.34. The Balaban J connectivity index is 1.98. The number of piperidine rings is 1. The highest BCUT2D eigenvalue weighted by Crippen LogP contribution is 2.28. The van der Waals surface area contributed by atoms with E-state index >= 15 is 0 Å². The van der Waals surface area contributed by atoms with Crippen LogP contribution in [-0.4, -0.2) is 43.4 Å². The average molecular weight is 292 g/mol. The zero-order valence-corrected chi connectivity index (χ0v) is 12.5. The van der Waals surface area contributed by atoms with Crippen LogP contribution in [-0.2, 0) is 9.53 Å². The van der Waals surface area contributed by atoms with Crippen LogP contribution in [0.15, 0.2) is 24.3 Å². The van der Waals surface area contributed by atoms with Crippen LogP contribution in [0.3, 0.4) is 0 Å². The number of nitrogens with one attached hydrogen (secondary N) is 1. The van der Waals surface area contributed by atoms with Gasteiger partial charge in [0.15, 0.2) is 0 Å². The van der Waals surface area contributed by atoms with Crippen LogP contribution in [0.1, 0.15) is 26.2 Å². The average Bonchev–Trinajstić information content (AvgIpc) is 2.49. The molecule has 0 spiro atoms. The summed E-state index contributed by atoms with van der Waals surface area (Å²) in [6.45, 7) is 4.30. The molecule has 5 heteroatoms. The third kappa shape index (κ3) is 4.72. The highest BCUT2D eigenvalue weighted by molar-refractivity contribution is 5.95. The van der Waals surface area contributed by atoms with Gasteiger partial charge in [0.05, 0.1) is 17.5 Å². The number of benzene rings is 1. The van der Waals surface area contributed by atoms with Crippen molar-refractivity contribution in [1.82, 2.24) is 0 Å². The largest absolute Gasteiger partial charge is 0.393 e. The Morgan fingerprint density at radius 3 is 2.81 bits per heavy atom. The molecule has 1 aromatic carbocycles. The van der Waals surface area contributed by atoms with Crippen molar-refractivity contribution < 1.29 is 14.6 Å². The molecule has 0 bridgehead atoms. The molecule has 0 unspecified atom stereocenters. The van der Waals surface area contributed by atoms with Gasteiger partial charge in [0.25, 0.3) is 0 Å². The number of rotatable bonds is 6. The van der Waals surface area contributed by atoms with E-state index in [9.17, 15) is 9.90 Å². The number of carbonyl (C=O) groups excluding carboxylic acids is 1. The van der Waals surface area contributed by atoms with E-state index in [1.165, 1.54) is 0 Å². The lowest BCUT2D eigenvalue weighted by molar-refractivity contribution is -0.120. The predicted molar refractivity (Wildman–Crippen MR) is 83.6 cm³/mol. The Bertz CT molecular complexity index is 457. The van der Waals surface area contributed by atoms with Gasteiger partial charge in [-0.05, 0) is 31.4 Å². The topological polar surface area (TPSA) is 61.8 Å². The van der Waals surface area contributed by atoms with Crippen molar-refractivity contribution in [2.75, 3.05) is 36.5 Å². The maximum absolute atomic E-state index is 11.9. The smallest absolute Gasteiger partial charge is 0.250 e. The van der Waals surface area contributed by atoms with E-state index < -0.39 is 0 Å². The van der Waals surface area contributed by atoms with Crippen molar-refractivity contribution in [1.29, 1.82) is 0 Å². The second-order valence-corrected chi connectivity index (χ2v) is 5.34. The third-order valence-electron chi connectivity index (χ3n) is 3.56. The summed E-state index contributed by atoms with van der Waals surface area (Å²) in [4.78, 5) is 14.1. The molecule has 1 fully saturated rings. The van der Waals surface area contributed by atoms with Gasteiger partial charge in [-0.3, -0.25) is 4.79 Å². The lowest BCUT2D eigenvalue weighted by Gasteiger charge is -2.32. The van der Waals surface area contributed by atoms with Crippen molar-refractivity contribution in [2.24, 2.45) is 0 Å². The molecule has 0 aliphatic carbocycles. The van der Waals surface area contributed by atoms with E-state index in [4.69, 9.17) is 4.74 Å². The number of carbonyl (C=O) groups is 1. The molecule has 1 aromatic rings. The Labute approximate surface area is 125 Å². The van der Waals surface area contributed by atoms with Gasteiger partial charge in [-0.25, -0.2) is 0 Å². The minimum absolute atomic E-state index is 0.0842. The summed E-state index contributed by atoms with van der Waals surface area (Å²) in [5.41, 5.74) is 1.81. The molecule has 0 aromatic heterocycles. The lowest BCUT2D eigenvalue weighted by Crippen LogP contribution is -2.36. The SMILES string of the molecule is CCCOCC(=O)Nc1ccccc1N1CCC(O)CC1. The van der Waals surface area contributed by atoms with Gasteiger partial charge in [-0.2, -0.15) is 0 Å². The molecule has 1 heterocycles. The molecule has 5 nitrogen and oxygen atoms in total. The van der Waals surface area contributed by atoms with Crippen LogP contribution in [0.2, 0.25) is 0 Å². The van der Waals surface area contributed by atoms with E-state index in [1.807, 2.05) is 31.2 Å². The van der Waals surface area contributed by atoms with Crippen LogP contribution in [0, 0.1) is 0 Å². The number of hydrogen-bond donors (Lipinski definition) is 2. The van der Waals surface area contributed by atoms with Gasteiger partial charge in [-0.1, -0.05) is 19.1 Å². The molecule has 2 N–H and O–H groups in total.